The Bertz CT molecular complexity index is 913. The number of halogens is 1. The maximum absolute atomic E-state index is 13.8. The number of carbonyl (C=O) groups excluding carboxylic acids is 2. The van der Waals surface area contributed by atoms with E-state index in [4.69, 9.17) is 0 Å². The minimum absolute atomic E-state index is 0.0980. The van der Waals surface area contributed by atoms with Crippen LogP contribution in [0.3, 0.4) is 0 Å². The standard InChI is InChI=1S/C20H19FN2O4/c1-12-8-9-13(19(25)23-10-4-7-17(23)20(26)27)11-16(12)22-18(24)14-5-2-3-6-15(14)21/h2-3,5-6,8-9,11,17H,4,7,10H2,1H3,(H,22,24)(H,26,27)/t17-/m0/s1. The number of carbonyl (C=O) groups is 3. The normalized spacial score (nSPS) is 16.2. The lowest BCUT2D eigenvalue weighted by Gasteiger charge is -2.22. The molecule has 3 rings (SSSR count). The number of nitrogens with one attached hydrogen (secondary N) is 1. The number of carboxylic acid groups (broad SMARTS) is 1. The Balaban J connectivity index is 1.84. The number of aryl methyl sites for hydroxylation is 1. The van der Waals surface area contributed by atoms with E-state index in [9.17, 15) is 23.9 Å². The molecular weight excluding hydrogens is 351 g/mol. The maximum Gasteiger partial charge on any atom is 0.326 e. The van der Waals surface area contributed by atoms with Gasteiger partial charge >= 0.3 is 5.97 Å². The molecule has 2 aromatic carbocycles. The first kappa shape index (κ1) is 18.6. The molecule has 7 heteroatoms. The lowest BCUT2D eigenvalue weighted by molar-refractivity contribution is -0.141. The van der Waals surface area contributed by atoms with Crippen molar-refractivity contribution < 1.29 is 23.9 Å². The molecule has 2 amide bonds. The van der Waals surface area contributed by atoms with E-state index in [2.05, 4.69) is 5.32 Å². The fraction of sp³-hybridized carbons (Fsp3) is 0.250. The molecule has 1 fully saturated rings. The number of hydrogen-bond acceptors (Lipinski definition) is 3. The predicted molar refractivity (Wildman–Crippen MR) is 97.2 cm³/mol. The van der Waals surface area contributed by atoms with Crippen molar-refractivity contribution in [3.05, 3.63) is 65.0 Å². The summed E-state index contributed by atoms with van der Waals surface area (Å²) in [4.78, 5) is 37.7. The molecule has 0 unspecified atom stereocenters. The number of rotatable bonds is 4. The lowest BCUT2D eigenvalue weighted by Crippen LogP contribution is -2.40. The first-order chi connectivity index (χ1) is 12.9. The predicted octanol–water partition coefficient (Wildman–Crippen LogP) is 3.08. The van der Waals surface area contributed by atoms with Gasteiger partial charge in [0.2, 0.25) is 0 Å². The molecule has 1 aliphatic heterocycles. The number of benzene rings is 2. The molecule has 0 saturated carbocycles. The van der Waals surface area contributed by atoms with Gasteiger partial charge in [-0.2, -0.15) is 0 Å². The summed E-state index contributed by atoms with van der Waals surface area (Å²) in [6.07, 6.45) is 1.05. The zero-order chi connectivity index (χ0) is 19.6. The molecule has 1 aliphatic rings. The van der Waals surface area contributed by atoms with Crippen molar-refractivity contribution in [3.63, 3.8) is 0 Å². The quantitative estimate of drug-likeness (QED) is 0.866. The summed E-state index contributed by atoms with van der Waals surface area (Å²) < 4.78 is 13.8. The number of likely N-dealkylation sites (tertiary alicyclic amines) is 1. The number of hydrogen-bond donors (Lipinski definition) is 2. The number of nitrogens with zero attached hydrogens (tertiary/aromatic N) is 1. The van der Waals surface area contributed by atoms with E-state index in [1.54, 1.807) is 25.1 Å². The van der Waals surface area contributed by atoms with Crippen LogP contribution < -0.4 is 5.32 Å². The second kappa shape index (κ2) is 7.57. The van der Waals surface area contributed by atoms with Gasteiger partial charge in [-0.1, -0.05) is 18.2 Å². The molecule has 0 spiro atoms. The smallest absolute Gasteiger partial charge is 0.326 e. The highest BCUT2D eigenvalue weighted by Crippen LogP contribution is 2.24. The van der Waals surface area contributed by atoms with E-state index < -0.39 is 29.6 Å². The van der Waals surface area contributed by atoms with Gasteiger partial charge in [-0.15, -0.1) is 0 Å². The van der Waals surface area contributed by atoms with Crippen LogP contribution in [0.5, 0.6) is 0 Å². The van der Waals surface area contributed by atoms with Gasteiger partial charge in [-0.05, 0) is 49.6 Å². The van der Waals surface area contributed by atoms with E-state index in [1.807, 2.05) is 0 Å². The molecular formula is C20H19FN2O4. The minimum Gasteiger partial charge on any atom is -0.480 e. The third kappa shape index (κ3) is 3.81. The number of aliphatic carboxylic acids is 1. The monoisotopic (exact) mass is 370 g/mol. The van der Waals surface area contributed by atoms with Gasteiger partial charge in [0.05, 0.1) is 5.56 Å². The molecule has 1 saturated heterocycles. The molecule has 0 radical (unpaired) electrons. The fourth-order valence-corrected chi connectivity index (χ4v) is 3.16. The molecule has 2 aromatic rings. The number of amides is 2. The van der Waals surface area contributed by atoms with Gasteiger partial charge in [-0.25, -0.2) is 9.18 Å². The van der Waals surface area contributed by atoms with E-state index in [-0.39, 0.29) is 11.1 Å². The van der Waals surface area contributed by atoms with Crippen molar-refractivity contribution >= 4 is 23.5 Å². The van der Waals surface area contributed by atoms with Crippen LogP contribution in [0.15, 0.2) is 42.5 Å². The molecule has 6 nitrogen and oxygen atoms in total. The van der Waals surface area contributed by atoms with Crippen molar-refractivity contribution in [1.82, 2.24) is 4.90 Å². The zero-order valence-electron chi connectivity index (χ0n) is 14.7. The summed E-state index contributed by atoms with van der Waals surface area (Å²) in [5, 5.41) is 11.9. The van der Waals surface area contributed by atoms with Crippen LogP contribution >= 0.6 is 0 Å². The highest BCUT2D eigenvalue weighted by molar-refractivity contribution is 6.06. The van der Waals surface area contributed by atoms with Crippen LogP contribution in [0.1, 0.15) is 39.1 Å². The Morgan fingerprint density at radius 1 is 1.19 bits per heavy atom. The Hall–Kier alpha value is -3.22. The third-order valence-corrected chi connectivity index (χ3v) is 4.65. The van der Waals surface area contributed by atoms with E-state index in [0.29, 0.717) is 30.6 Å². The Kier molecular flexibility index (Phi) is 5.21. The van der Waals surface area contributed by atoms with Crippen LogP contribution in [0, 0.1) is 12.7 Å². The maximum atomic E-state index is 13.8. The fourth-order valence-electron chi connectivity index (χ4n) is 3.16. The summed E-state index contributed by atoms with van der Waals surface area (Å²) in [5.74, 6) is -2.69. The first-order valence-corrected chi connectivity index (χ1v) is 8.59. The van der Waals surface area contributed by atoms with Gasteiger partial charge in [0.25, 0.3) is 11.8 Å². The van der Waals surface area contributed by atoms with Crippen molar-refractivity contribution in [2.45, 2.75) is 25.8 Å². The van der Waals surface area contributed by atoms with E-state index >= 15 is 0 Å². The summed E-state index contributed by atoms with van der Waals surface area (Å²) in [7, 11) is 0. The van der Waals surface area contributed by atoms with E-state index in [1.165, 1.54) is 29.2 Å². The highest BCUT2D eigenvalue weighted by atomic mass is 19.1. The summed E-state index contributed by atoms with van der Waals surface area (Å²) in [5.41, 5.74) is 1.25. The van der Waals surface area contributed by atoms with E-state index in [0.717, 1.165) is 0 Å². The number of anilines is 1. The second-order valence-corrected chi connectivity index (χ2v) is 6.46. The highest BCUT2D eigenvalue weighted by Gasteiger charge is 2.34. The van der Waals surface area contributed by atoms with Crippen LogP contribution in [-0.4, -0.2) is 40.4 Å². The minimum atomic E-state index is -1.03. The van der Waals surface area contributed by atoms with Crippen LogP contribution in [0.2, 0.25) is 0 Å². The summed E-state index contributed by atoms with van der Waals surface area (Å²) in [6, 6.07) is 9.53. The van der Waals surface area contributed by atoms with Gasteiger partial charge in [0.1, 0.15) is 11.9 Å². The molecule has 27 heavy (non-hydrogen) atoms. The average molecular weight is 370 g/mol. The SMILES string of the molecule is Cc1ccc(C(=O)N2CCC[C@H]2C(=O)O)cc1NC(=O)c1ccccc1F. The van der Waals surface area contributed by atoms with Gasteiger partial charge in [0.15, 0.2) is 0 Å². The van der Waals surface area contributed by atoms with Crippen molar-refractivity contribution in [3.8, 4) is 0 Å². The van der Waals surface area contributed by atoms with Crippen LogP contribution in [-0.2, 0) is 4.79 Å². The first-order valence-electron chi connectivity index (χ1n) is 8.59. The van der Waals surface area contributed by atoms with Crippen molar-refractivity contribution in [1.29, 1.82) is 0 Å². The largest absolute Gasteiger partial charge is 0.480 e. The molecule has 1 heterocycles. The van der Waals surface area contributed by atoms with Gasteiger partial charge < -0.3 is 15.3 Å². The Labute approximate surface area is 155 Å². The average Bonchev–Trinajstić information content (AvgIpc) is 3.13. The Morgan fingerprint density at radius 2 is 1.93 bits per heavy atom. The van der Waals surface area contributed by atoms with Gasteiger partial charge in [-0.3, -0.25) is 9.59 Å². The zero-order valence-corrected chi connectivity index (χ0v) is 14.7. The topological polar surface area (TPSA) is 86.7 Å². The molecule has 0 aromatic heterocycles. The Morgan fingerprint density at radius 3 is 2.63 bits per heavy atom. The molecule has 140 valence electrons. The summed E-state index contributed by atoms with van der Waals surface area (Å²) in [6.45, 7) is 2.13. The lowest BCUT2D eigenvalue weighted by atomic mass is 10.1. The second-order valence-electron chi connectivity index (χ2n) is 6.46. The van der Waals surface area contributed by atoms with Crippen LogP contribution in [0.4, 0.5) is 10.1 Å². The van der Waals surface area contributed by atoms with Crippen LogP contribution in [0.25, 0.3) is 0 Å². The molecule has 0 bridgehead atoms. The molecule has 2 N–H and O–H groups in total. The molecule has 1 atom stereocenters. The number of carboxylic acids is 1. The van der Waals surface area contributed by atoms with Crippen molar-refractivity contribution in [2.75, 3.05) is 11.9 Å². The third-order valence-electron chi connectivity index (χ3n) is 4.65. The van der Waals surface area contributed by atoms with Gasteiger partial charge in [0, 0.05) is 17.8 Å². The molecule has 0 aliphatic carbocycles. The van der Waals surface area contributed by atoms with Crippen molar-refractivity contribution in [2.24, 2.45) is 0 Å². The summed E-state index contributed by atoms with van der Waals surface area (Å²) >= 11 is 0.